The van der Waals surface area contributed by atoms with Crippen LogP contribution in [-0.4, -0.2) is 5.78 Å². The molecule has 0 aromatic rings. The van der Waals surface area contributed by atoms with E-state index in [0.717, 1.165) is 18.8 Å². The molecule has 0 aliphatic rings. The Kier molecular flexibility index (Phi) is 15.3. The second-order valence-corrected chi connectivity index (χ2v) is 6.62. The Bertz CT molecular complexity index is 255. The van der Waals surface area contributed by atoms with Crippen LogP contribution in [0.3, 0.4) is 0 Å². The minimum absolute atomic E-state index is 0.337. The first-order chi connectivity index (χ1) is 10.2. The maximum absolute atomic E-state index is 10.8. The van der Waals surface area contributed by atoms with E-state index in [-0.39, 0.29) is 0 Å². The van der Waals surface area contributed by atoms with Gasteiger partial charge in [-0.3, -0.25) is 0 Å². The van der Waals surface area contributed by atoms with Crippen molar-refractivity contribution in [1.29, 1.82) is 0 Å². The molecule has 0 saturated carbocycles. The molecule has 0 fully saturated rings. The Balaban J connectivity index is 3.29. The molecule has 1 atom stereocenters. The van der Waals surface area contributed by atoms with E-state index in [1.54, 1.807) is 6.92 Å². The summed E-state index contributed by atoms with van der Waals surface area (Å²) >= 11 is 0. The second kappa shape index (κ2) is 15.8. The van der Waals surface area contributed by atoms with E-state index in [1.807, 2.05) is 0 Å². The first-order valence-corrected chi connectivity index (χ1v) is 9.33. The molecule has 0 bridgehead atoms. The van der Waals surface area contributed by atoms with Gasteiger partial charge in [0.1, 0.15) is 5.78 Å². The highest BCUT2D eigenvalue weighted by atomic mass is 16.1. The Morgan fingerprint density at radius 2 is 1.52 bits per heavy atom. The van der Waals surface area contributed by atoms with Gasteiger partial charge in [0.15, 0.2) is 0 Å². The number of allylic oxidation sites excluding steroid dienone is 2. The van der Waals surface area contributed by atoms with Gasteiger partial charge in [-0.2, -0.15) is 0 Å². The standard InChI is InChI=1S/C20H38O/c1-4-5-6-7-8-10-13-16-19(2)17-14-11-9-12-15-18-20(3)21/h13,16,19H,4-12,14-15,17-18H2,1-3H3/b16-13+. The predicted molar refractivity (Wildman–Crippen MR) is 94.7 cm³/mol. The van der Waals surface area contributed by atoms with Crippen molar-refractivity contribution in [2.24, 2.45) is 5.92 Å². The maximum Gasteiger partial charge on any atom is 0.129 e. The van der Waals surface area contributed by atoms with Gasteiger partial charge in [0.25, 0.3) is 0 Å². The number of ketones is 1. The molecule has 1 heteroatoms. The Morgan fingerprint density at radius 3 is 2.24 bits per heavy atom. The van der Waals surface area contributed by atoms with Gasteiger partial charge < -0.3 is 4.79 Å². The number of Topliss-reactive ketones (excluding diaryl/α,β-unsaturated/α-hetero) is 1. The summed E-state index contributed by atoms with van der Waals surface area (Å²) in [6.45, 7) is 6.30. The van der Waals surface area contributed by atoms with Crippen molar-refractivity contribution in [3.8, 4) is 0 Å². The zero-order chi connectivity index (χ0) is 15.8. The molecule has 0 N–H and O–H groups in total. The average Bonchev–Trinajstić information content (AvgIpc) is 2.45. The van der Waals surface area contributed by atoms with E-state index < -0.39 is 0 Å². The fraction of sp³-hybridized carbons (Fsp3) is 0.850. The highest BCUT2D eigenvalue weighted by molar-refractivity contribution is 5.75. The molecule has 0 radical (unpaired) electrons. The molecule has 124 valence electrons. The molecule has 0 saturated heterocycles. The lowest BCUT2D eigenvalue weighted by Gasteiger charge is -2.06. The molecule has 0 spiro atoms. The zero-order valence-electron chi connectivity index (χ0n) is 14.8. The third kappa shape index (κ3) is 17.4. The highest BCUT2D eigenvalue weighted by Crippen LogP contribution is 2.14. The van der Waals surface area contributed by atoms with E-state index in [9.17, 15) is 4.79 Å². The molecule has 21 heavy (non-hydrogen) atoms. The SMILES string of the molecule is CCCCCCC/C=C/C(C)CCCCCCCC(C)=O. The highest BCUT2D eigenvalue weighted by Gasteiger charge is 1.98. The summed E-state index contributed by atoms with van der Waals surface area (Å²) in [5.74, 6) is 1.07. The molecule has 0 heterocycles. The summed E-state index contributed by atoms with van der Waals surface area (Å²) < 4.78 is 0. The summed E-state index contributed by atoms with van der Waals surface area (Å²) in [5, 5.41) is 0. The monoisotopic (exact) mass is 294 g/mol. The Hall–Kier alpha value is -0.590. The number of unbranched alkanes of at least 4 members (excludes halogenated alkanes) is 9. The molecule has 0 amide bonds. The van der Waals surface area contributed by atoms with Gasteiger partial charge in [0, 0.05) is 6.42 Å². The minimum Gasteiger partial charge on any atom is -0.300 e. The smallest absolute Gasteiger partial charge is 0.129 e. The van der Waals surface area contributed by atoms with Crippen molar-refractivity contribution in [1.82, 2.24) is 0 Å². The van der Waals surface area contributed by atoms with Crippen LogP contribution in [0.25, 0.3) is 0 Å². The molecule has 1 nitrogen and oxygen atoms in total. The van der Waals surface area contributed by atoms with Gasteiger partial charge in [0.05, 0.1) is 0 Å². The Labute approximate surface area is 133 Å². The fourth-order valence-corrected chi connectivity index (χ4v) is 2.66. The Morgan fingerprint density at radius 1 is 0.905 bits per heavy atom. The van der Waals surface area contributed by atoms with Gasteiger partial charge in [-0.05, 0) is 38.5 Å². The van der Waals surface area contributed by atoms with E-state index in [0.29, 0.717) is 5.78 Å². The first kappa shape index (κ1) is 20.4. The molecule has 0 rings (SSSR count). The maximum atomic E-state index is 10.8. The molecule has 0 aromatic carbocycles. The van der Waals surface area contributed by atoms with Crippen LogP contribution in [0.5, 0.6) is 0 Å². The molecular formula is C20H38O. The largest absolute Gasteiger partial charge is 0.300 e. The summed E-state index contributed by atoms with van der Waals surface area (Å²) in [6, 6.07) is 0. The normalized spacial score (nSPS) is 12.9. The third-order valence-corrected chi connectivity index (χ3v) is 4.13. The quantitative estimate of drug-likeness (QED) is 0.238. The van der Waals surface area contributed by atoms with Crippen molar-refractivity contribution in [3.05, 3.63) is 12.2 Å². The van der Waals surface area contributed by atoms with Gasteiger partial charge in [-0.25, -0.2) is 0 Å². The molecule has 0 aromatic heterocycles. The number of carbonyl (C=O) groups is 1. The van der Waals surface area contributed by atoms with Crippen LogP contribution in [0.15, 0.2) is 12.2 Å². The van der Waals surface area contributed by atoms with E-state index in [2.05, 4.69) is 26.0 Å². The summed E-state index contributed by atoms with van der Waals surface area (Å²) in [5.41, 5.74) is 0. The van der Waals surface area contributed by atoms with E-state index in [1.165, 1.54) is 70.6 Å². The van der Waals surface area contributed by atoms with E-state index in [4.69, 9.17) is 0 Å². The first-order valence-electron chi connectivity index (χ1n) is 9.33. The number of carbonyl (C=O) groups excluding carboxylic acids is 1. The van der Waals surface area contributed by atoms with Crippen molar-refractivity contribution >= 4 is 5.78 Å². The van der Waals surface area contributed by atoms with Crippen LogP contribution < -0.4 is 0 Å². The van der Waals surface area contributed by atoms with Crippen LogP contribution in [0.2, 0.25) is 0 Å². The predicted octanol–water partition coefficient (Wildman–Crippen LogP) is 6.86. The number of hydrogen-bond donors (Lipinski definition) is 0. The number of hydrogen-bond acceptors (Lipinski definition) is 1. The van der Waals surface area contributed by atoms with Gasteiger partial charge in [0.2, 0.25) is 0 Å². The van der Waals surface area contributed by atoms with Crippen LogP contribution in [0.1, 0.15) is 104 Å². The van der Waals surface area contributed by atoms with Crippen LogP contribution >= 0.6 is 0 Å². The van der Waals surface area contributed by atoms with E-state index >= 15 is 0 Å². The molecule has 0 aliphatic heterocycles. The molecule has 0 aliphatic carbocycles. The molecule has 1 unspecified atom stereocenters. The van der Waals surface area contributed by atoms with Gasteiger partial charge >= 0.3 is 0 Å². The van der Waals surface area contributed by atoms with Crippen molar-refractivity contribution in [2.75, 3.05) is 0 Å². The van der Waals surface area contributed by atoms with Crippen molar-refractivity contribution in [3.63, 3.8) is 0 Å². The average molecular weight is 295 g/mol. The molecular weight excluding hydrogens is 256 g/mol. The fourth-order valence-electron chi connectivity index (χ4n) is 2.66. The summed E-state index contributed by atoms with van der Waals surface area (Å²) in [6.07, 6.45) is 21.3. The van der Waals surface area contributed by atoms with Crippen LogP contribution in [0.4, 0.5) is 0 Å². The minimum atomic E-state index is 0.337. The lowest BCUT2D eigenvalue weighted by atomic mass is 10.0. The zero-order valence-corrected chi connectivity index (χ0v) is 14.8. The third-order valence-electron chi connectivity index (χ3n) is 4.13. The second-order valence-electron chi connectivity index (χ2n) is 6.62. The topological polar surface area (TPSA) is 17.1 Å². The summed E-state index contributed by atoms with van der Waals surface area (Å²) in [7, 11) is 0. The van der Waals surface area contributed by atoms with Gasteiger partial charge in [-0.15, -0.1) is 0 Å². The van der Waals surface area contributed by atoms with Crippen molar-refractivity contribution < 1.29 is 4.79 Å². The summed E-state index contributed by atoms with van der Waals surface area (Å²) in [4.78, 5) is 10.8. The van der Waals surface area contributed by atoms with Crippen LogP contribution in [-0.2, 0) is 4.79 Å². The lowest BCUT2D eigenvalue weighted by molar-refractivity contribution is -0.117. The van der Waals surface area contributed by atoms with Gasteiger partial charge in [-0.1, -0.05) is 77.4 Å². The number of rotatable bonds is 15. The van der Waals surface area contributed by atoms with Crippen molar-refractivity contribution in [2.45, 2.75) is 104 Å². The van der Waals surface area contributed by atoms with Crippen LogP contribution in [0, 0.1) is 5.92 Å². The lowest BCUT2D eigenvalue weighted by Crippen LogP contribution is -1.91.